The number of Topliss-reactive ketones (excluding diaryl/α,β-unsaturated/α-hetero) is 1. The molecule has 3 aliphatic rings. The zero-order chi connectivity index (χ0) is 49.8. The van der Waals surface area contributed by atoms with Crippen molar-refractivity contribution in [1.29, 1.82) is 5.26 Å². The fourth-order valence-electron chi connectivity index (χ4n) is 10.8. The van der Waals surface area contributed by atoms with Gasteiger partial charge in [-0.1, -0.05) is 96.5 Å². The van der Waals surface area contributed by atoms with Crippen LogP contribution in [0.15, 0.2) is 72.2 Å². The highest BCUT2D eigenvalue weighted by atomic mass is 35.5. The summed E-state index contributed by atoms with van der Waals surface area (Å²) in [7, 11) is 0. The number of carbonyl (C=O) groups is 4. The van der Waals surface area contributed by atoms with Crippen LogP contribution in [0.4, 0.5) is 0 Å². The fourth-order valence-corrected chi connectivity index (χ4v) is 11.8. The standard InChI is InChI=1S/C54H67ClN6O7S/c1-33-46(69-32-57-33)37-12-9-34(10-13-37)11-20-44(63)43-27-40(62)30-61(43)49(66)47(52(2,3)4)58-45(64)31-67-26-25-60-23-21-36(22-24-60)35-14-16-38(17-15-35)48(65)59-50-53(5,6)51(54(50,7)8)68-41-19-18-39(29-56)42(55)28-41/h9-10,12-19,28,32,36,40,43,47,50-51,62H,11,20-27,30-31H2,1-8H3,(H,58,64)(H,59,65)/t40-,43+,47-,50?,51?/m1/s1. The minimum absolute atomic E-state index is 0.0339. The lowest BCUT2D eigenvalue weighted by Gasteiger charge is -2.63. The van der Waals surface area contributed by atoms with Gasteiger partial charge in [-0.3, -0.25) is 19.2 Å². The van der Waals surface area contributed by atoms with Gasteiger partial charge in [0, 0.05) is 54.4 Å². The number of halogens is 1. The number of ether oxygens (including phenoxy) is 2. The number of amides is 3. The normalized spacial score (nSPS) is 21.7. The van der Waals surface area contributed by atoms with Crippen LogP contribution < -0.4 is 15.4 Å². The molecule has 15 heteroatoms. The third-order valence-electron chi connectivity index (χ3n) is 14.4. The summed E-state index contributed by atoms with van der Waals surface area (Å²) in [5.74, 6) is -0.0900. The van der Waals surface area contributed by atoms with E-state index in [1.165, 1.54) is 10.5 Å². The number of aliphatic hydroxyl groups excluding tert-OH is 1. The fraction of sp³-hybridized carbons (Fsp3) is 0.519. The molecule has 69 heavy (non-hydrogen) atoms. The molecule has 3 fully saturated rings. The molecule has 3 N–H and O–H groups in total. The van der Waals surface area contributed by atoms with Crippen molar-refractivity contribution in [1.82, 2.24) is 25.4 Å². The second kappa shape index (κ2) is 21.4. The number of likely N-dealkylation sites (tertiary alicyclic amines) is 2. The monoisotopic (exact) mass is 978 g/mol. The van der Waals surface area contributed by atoms with Gasteiger partial charge >= 0.3 is 0 Å². The van der Waals surface area contributed by atoms with Crippen LogP contribution in [0, 0.1) is 34.5 Å². The first-order valence-corrected chi connectivity index (χ1v) is 25.3. The van der Waals surface area contributed by atoms with Gasteiger partial charge < -0.3 is 35.0 Å². The Hall–Kier alpha value is -5.17. The summed E-state index contributed by atoms with van der Waals surface area (Å²) in [6.07, 6.45) is 1.79. The highest BCUT2D eigenvalue weighted by Crippen LogP contribution is 2.55. The van der Waals surface area contributed by atoms with E-state index in [1.807, 2.05) is 69.6 Å². The molecule has 1 saturated carbocycles. The number of aliphatic hydroxyl groups is 1. The van der Waals surface area contributed by atoms with Gasteiger partial charge in [0.15, 0.2) is 5.78 Å². The molecule has 7 rings (SSSR count). The lowest BCUT2D eigenvalue weighted by molar-refractivity contribution is -0.164. The average Bonchev–Trinajstić information content (AvgIpc) is 3.94. The number of piperidine rings is 1. The smallest absolute Gasteiger partial charge is 0.251 e. The van der Waals surface area contributed by atoms with Crippen molar-refractivity contribution in [2.45, 2.75) is 124 Å². The maximum Gasteiger partial charge on any atom is 0.251 e. The molecule has 1 aliphatic carbocycles. The number of β-amino-alcohol motifs (C(OH)–C–C–N with tert-alkyl or cyclic N) is 1. The number of benzene rings is 3. The number of aromatic nitrogens is 1. The van der Waals surface area contributed by atoms with Crippen LogP contribution in [0.3, 0.4) is 0 Å². The molecule has 3 heterocycles. The van der Waals surface area contributed by atoms with E-state index in [4.69, 9.17) is 21.1 Å². The topological polar surface area (TPSA) is 174 Å². The van der Waals surface area contributed by atoms with Gasteiger partial charge in [0.1, 0.15) is 30.6 Å². The van der Waals surface area contributed by atoms with Crippen molar-refractivity contribution in [3.63, 3.8) is 0 Å². The van der Waals surface area contributed by atoms with E-state index in [0.29, 0.717) is 47.4 Å². The van der Waals surface area contributed by atoms with Crippen molar-refractivity contribution in [3.8, 4) is 22.3 Å². The lowest BCUT2D eigenvalue weighted by Crippen LogP contribution is -2.74. The van der Waals surface area contributed by atoms with Gasteiger partial charge in [0.25, 0.3) is 5.91 Å². The summed E-state index contributed by atoms with van der Waals surface area (Å²) in [5, 5.41) is 26.4. The highest BCUT2D eigenvalue weighted by molar-refractivity contribution is 7.13. The SMILES string of the molecule is Cc1ncsc1-c1ccc(CCC(=O)[C@@H]2C[C@@H](O)CN2C(=O)[C@@H](NC(=O)COCCN2CCC(c3ccc(C(=O)NC4C(C)(C)C(Oc5ccc(C#N)c(Cl)c5)C4(C)C)cc3)CC2)C(C)(C)C)cc1. The molecule has 3 amide bonds. The van der Waals surface area contributed by atoms with E-state index >= 15 is 0 Å². The van der Waals surface area contributed by atoms with Crippen LogP contribution in [-0.2, 0) is 25.5 Å². The number of hydrogen-bond acceptors (Lipinski definition) is 11. The van der Waals surface area contributed by atoms with Crippen LogP contribution in [0.1, 0.15) is 113 Å². The van der Waals surface area contributed by atoms with Crippen LogP contribution in [0.2, 0.25) is 5.02 Å². The van der Waals surface area contributed by atoms with E-state index in [0.717, 1.165) is 47.6 Å². The average molecular weight is 980 g/mol. The second-order valence-corrected chi connectivity index (χ2v) is 22.5. The van der Waals surface area contributed by atoms with E-state index in [1.54, 1.807) is 29.5 Å². The Morgan fingerprint density at radius 3 is 2.29 bits per heavy atom. The third kappa shape index (κ3) is 11.9. The van der Waals surface area contributed by atoms with Crippen LogP contribution in [0.5, 0.6) is 5.75 Å². The van der Waals surface area contributed by atoms with E-state index in [9.17, 15) is 29.5 Å². The largest absolute Gasteiger partial charge is 0.489 e. The quantitative estimate of drug-likeness (QED) is 0.0877. The Labute approximate surface area is 415 Å². The zero-order valence-corrected chi connectivity index (χ0v) is 42.7. The van der Waals surface area contributed by atoms with Crippen molar-refractivity contribution >= 4 is 46.4 Å². The maximum absolute atomic E-state index is 14.1. The number of hydrogen-bond donors (Lipinski definition) is 3. The molecule has 13 nitrogen and oxygen atoms in total. The lowest BCUT2D eigenvalue weighted by atomic mass is 9.49. The minimum Gasteiger partial charge on any atom is -0.489 e. The minimum atomic E-state index is -0.919. The summed E-state index contributed by atoms with van der Waals surface area (Å²) in [6, 6.07) is 21.3. The Bertz CT molecular complexity index is 2510. The molecule has 1 aromatic heterocycles. The predicted molar refractivity (Wildman–Crippen MR) is 268 cm³/mol. The van der Waals surface area contributed by atoms with Gasteiger partial charge in [-0.2, -0.15) is 5.26 Å². The molecule has 3 aromatic carbocycles. The summed E-state index contributed by atoms with van der Waals surface area (Å²) < 4.78 is 12.2. The molecule has 4 aromatic rings. The third-order valence-corrected chi connectivity index (χ3v) is 15.7. The van der Waals surface area contributed by atoms with Crippen molar-refractivity contribution in [3.05, 3.63) is 105 Å². The van der Waals surface area contributed by atoms with Crippen molar-refractivity contribution in [2.24, 2.45) is 16.2 Å². The maximum atomic E-state index is 14.1. The number of ketones is 1. The van der Waals surface area contributed by atoms with Crippen LogP contribution in [-0.4, -0.2) is 113 Å². The highest BCUT2D eigenvalue weighted by Gasteiger charge is 2.64. The molecule has 0 unspecified atom stereocenters. The van der Waals surface area contributed by atoms with E-state index in [2.05, 4.69) is 66.4 Å². The number of nitriles is 1. The van der Waals surface area contributed by atoms with Gasteiger partial charge in [-0.05, 0) is 91.6 Å². The Morgan fingerprint density at radius 1 is 1.00 bits per heavy atom. The molecule has 2 aliphatic heterocycles. The summed E-state index contributed by atoms with van der Waals surface area (Å²) >= 11 is 7.85. The summed E-state index contributed by atoms with van der Waals surface area (Å²) in [6.45, 7) is 18.5. The number of thiazole rings is 1. The molecule has 2 saturated heterocycles. The first-order valence-electron chi connectivity index (χ1n) is 24.0. The molecule has 3 atom stereocenters. The molecule has 0 radical (unpaired) electrons. The number of nitrogens with one attached hydrogen (secondary N) is 2. The summed E-state index contributed by atoms with van der Waals surface area (Å²) in [5.41, 5.74) is 5.69. The van der Waals surface area contributed by atoms with Crippen LogP contribution in [0.25, 0.3) is 10.4 Å². The van der Waals surface area contributed by atoms with Crippen molar-refractivity contribution < 1.29 is 33.8 Å². The van der Waals surface area contributed by atoms with Gasteiger partial charge in [-0.15, -0.1) is 11.3 Å². The van der Waals surface area contributed by atoms with Gasteiger partial charge in [0.2, 0.25) is 11.8 Å². The molecular weight excluding hydrogens is 912 g/mol. The second-order valence-electron chi connectivity index (χ2n) is 21.3. The first-order chi connectivity index (χ1) is 32.7. The summed E-state index contributed by atoms with van der Waals surface area (Å²) in [4.78, 5) is 63.7. The van der Waals surface area contributed by atoms with Crippen LogP contribution >= 0.6 is 22.9 Å². The number of nitrogens with zero attached hydrogens (tertiary/aromatic N) is 4. The van der Waals surface area contributed by atoms with Crippen molar-refractivity contribution in [2.75, 3.05) is 39.4 Å². The Kier molecular flexibility index (Phi) is 16.1. The molecule has 0 bridgehead atoms. The predicted octanol–water partition coefficient (Wildman–Crippen LogP) is 8.15. The van der Waals surface area contributed by atoms with E-state index in [-0.39, 0.29) is 66.6 Å². The Balaban J connectivity index is 0.823. The van der Waals surface area contributed by atoms with E-state index < -0.39 is 29.5 Å². The van der Waals surface area contributed by atoms with Gasteiger partial charge in [-0.25, -0.2) is 4.98 Å². The first kappa shape index (κ1) is 51.7. The molecular formula is C54H67ClN6O7S. The molecule has 368 valence electrons. The molecule has 0 spiro atoms. The Morgan fingerprint density at radius 2 is 1.68 bits per heavy atom. The number of carbonyl (C=O) groups excluding carboxylic acids is 4. The number of rotatable bonds is 17. The van der Waals surface area contributed by atoms with Gasteiger partial charge in [0.05, 0.1) is 45.4 Å². The number of aryl methyl sites for hydroxylation is 2. The zero-order valence-electron chi connectivity index (χ0n) is 41.1.